The Kier molecular flexibility index (Phi) is 4.75. The highest BCUT2D eigenvalue weighted by Crippen LogP contribution is 2.17. The zero-order valence-electron chi connectivity index (χ0n) is 10.9. The van der Waals surface area contributed by atoms with Crippen LogP contribution in [0.5, 0.6) is 0 Å². The summed E-state index contributed by atoms with van der Waals surface area (Å²) in [5, 5.41) is 7.14. The second kappa shape index (κ2) is 6.54. The van der Waals surface area contributed by atoms with Crippen molar-refractivity contribution in [1.29, 1.82) is 0 Å². The molecule has 1 aliphatic heterocycles. The predicted molar refractivity (Wildman–Crippen MR) is 69.3 cm³/mol. The summed E-state index contributed by atoms with van der Waals surface area (Å²) in [5.41, 5.74) is 0.792. The van der Waals surface area contributed by atoms with Crippen LogP contribution in [0.2, 0.25) is 0 Å². The van der Waals surface area contributed by atoms with Crippen LogP contribution in [0.25, 0.3) is 0 Å². The Balaban J connectivity index is 1.83. The number of rotatable bonds is 5. The fraction of sp³-hybridized carbons (Fsp3) is 0.692. The summed E-state index contributed by atoms with van der Waals surface area (Å²) in [6.07, 6.45) is 7.23. The van der Waals surface area contributed by atoms with Crippen molar-refractivity contribution in [2.24, 2.45) is 5.92 Å². The number of carbonyl (C=O) groups is 1. The van der Waals surface area contributed by atoms with Gasteiger partial charge in [0.05, 0.1) is 11.9 Å². The molecule has 1 aromatic rings. The van der Waals surface area contributed by atoms with Gasteiger partial charge in [0, 0.05) is 32.4 Å². The van der Waals surface area contributed by atoms with Crippen LogP contribution >= 0.6 is 0 Å². The molecular weight excluding hydrogens is 230 g/mol. The van der Waals surface area contributed by atoms with Gasteiger partial charge in [-0.15, -0.1) is 0 Å². The molecule has 100 valence electrons. The third kappa shape index (κ3) is 3.84. The number of anilines is 1. The van der Waals surface area contributed by atoms with Gasteiger partial charge < -0.3 is 10.1 Å². The quantitative estimate of drug-likeness (QED) is 0.871. The van der Waals surface area contributed by atoms with E-state index in [0.717, 1.165) is 44.7 Å². The van der Waals surface area contributed by atoms with E-state index in [-0.39, 0.29) is 5.91 Å². The molecule has 1 fully saturated rings. The minimum Gasteiger partial charge on any atom is -0.381 e. The minimum absolute atomic E-state index is 0.0584. The zero-order chi connectivity index (χ0) is 12.8. The van der Waals surface area contributed by atoms with Crippen molar-refractivity contribution in [2.75, 3.05) is 18.5 Å². The van der Waals surface area contributed by atoms with Crippen molar-refractivity contribution in [2.45, 2.75) is 39.2 Å². The van der Waals surface area contributed by atoms with Gasteiger partial charge in [-0.05, 0) is 25.2 Å². The van der Waals surface area contributed by atoms with E-state index < -0.39 is 0 Å². The summed E-state index contributed by atoms with van der Waals surface area (Å²) < 4.78 is 7.25. The van der Waals surface area contributed by atoms with Gasteiger partial charge in [0.25, 0.3) is 0 Å². The van der Waals surface area contributed by atoms with E-state index in [0.29, 0.717) is 12.3 Å². The maximum Gasteiger partial charge on any atom is 0.224 e. The SMILES string of the molecule is CCCC(=O)Nc1cnn(CC2CCOCC2)c1. The first kappa shape index (κ1) is 13.1. The lowest BCUT2D eigenvalue weighted by molar-refractivity contribution is -0.116. The van der Waals surface area contributed by atoms with E-state index in [2.05, 4.69) is 10.4 Å². The second-order valence-electron chi connectivity index (χ2n) is 4.80. The molecular formula is C13H21N3O2. The highest BCUT2D eigenvalue weighted by atomic mass is 16.5. The molecule has 1 amide bonds. The Morgan fingerprint density at radius 1 is 1.56 bits per heavy atom. The van der Waals surface area contributed by atoms with Crippen molar-refractivity contribution in [3.63, 3.8) is 0 Å². The fourth-order valence-electron chi connectivity index (χ4n) is 2.17. The third-order valence-corrected chi connectivity index (χ3v) is 3.18. The number of amides is 1. The highest BCUT2D eigenvalue weighted by molar-refractivity contribution is 5.90. The number of carbonyl (C=O) groups excluding carboxylic acids is 1. The molecule has 0 bridgehead atoms. The summed E-state index contributed by atoms with van der Waals surface area (Å²) >= 11 is 0. The maximum absolute atomic E-state index is 11.4. The van der Waals surface area contributed by atoms with E-state index in [1.54, 1.807) is 6.20 Å². The molecule has 1 N–H and O–H groups in total. The summed E-state index contributed by atoms with van der Waals surface area (Å²) in [7, 11) is 0. The molecule has 1 aromatic heterocycles. The largest absolute Gasteiger partial charge is 0.381 e. The Morgan fingerprint density at radius 2 is 2.33 bits per heavy atom. The van der Waals surface area contributed by atoms with Crippen LogP contribution in [-0.4, -0.2) is 28.9 Å². The topological polar surface area (TPSA) is 56.2 Å². The highest BCUT2D eigenvalue weighted by Gasteiger charge is 2.14. The number of nitrogens with one attached hydrogen (secondary N) is 1. The van der Waals surface area contributed by atoms with Crippen LogP contribution in [0.1, 0.15) is 32.6 Å². The number of hydrogen-bond donors (Lipinski definition) is 1. The fourth-order valence-corrected chi connectivity index (χ4v) is 2.17. The first-order valence-electron chi connectivity index (χ1n) is 6.68. The van der Waals surface area contributed by atoms with Crippen LogP contribution in [0.3, 0.4) is 0 Å². The first-order valence-corrected chi connectivity index (χ1v) is 6.68. The molecule has 0 atom stereocenters. The zero-order valence-corrected chi connectivity index (χ0v) is 10.9. The Bertz CT molecular complexity index is 383. The molecule has 0 aromatic carbocycles. The van der Waals surface area contributed by atoms with Gasteiger partial charge in [-0.25, -0.2) is 0 Å². The molecule has 0 saturated carbocycles. The van der Waals surface area contributed by atoms with Crippen LogP contribution < -0.4 is 5.32 Å². The molecule has 0 radical (unpaired) electrons. The summed E-state index contributed by atoms with van der Waals surface area (Å²) in [6.45, 7) is 4.61. The van der Waals surface area contributed by atoms with E-state index in [1.165, 1.54) is 0 Å². The van der Waals surface area contributed by atoms with Crippen molar-refractivity contribution in [1.82, 2.24) is 9.78 Å². The smallest absolute Gasteiger partial charge is 0.224 e. The first-order chi connectivity index (χ1) is 8.78. The van der Waals surface area contributed by atoms with Gasteiger partial charge in [0.15, 0.2) is 0 Å². The molecule has 2 heterocycles. The molecule has 5 nitrogen and oxygen atoms in total. The molecule has 18 heavy (non-hydrogen) atoms. The van der Waals surface area contributed by atoms with E-state index >= 15 is 0 Å². The number of aromatic nitrogens is 2. The van der Waals surface area contributed by atoms with Crippen LogP contribution in [0, 0.1) is 5.92 Å². The molecule has 0 unspecified atom stereocenters. The van der Waals surface area contributed by atoms with E-state index in [4.69, 9.17) is 4.74 Å². The standard InChI is InChI=1S/C13H21N3O2/c1-2-3-13(17)15-12-8-14-16(10-12)9-11-4-6-18-7-5-11/h8,10-11H,2-7,9H2,1H3,(H,15,17). The van der Waals surface area contributed by atoms with Gasteiger partial charge in [-0.3, -0.25) is 9.48 Å². The van der Waals surface area contributed by atoms with Gasteiger partial charge in [-0.1, -0.05) is 6.92 Å². The maximum atomic E-state index is 11.4. The van der Waals surface area contributed by atoms with Crippen molar-refractivity contribution < 1.29 is 9.53 Å². The molecule has 5 heteroatoms. The van der Waals surface area contributed by atoms with Crippen molar-refractivity contribution in [3.8, 4) is 0 Å². The average Bonchev–Trinajstić information content (AvgIpc) is 2.78. The normalized spacial score (nSPS) is 16.7. The molecule has 0 spiro atoms. The lowest BCUT2D eigenvalue weighted by atomic mass is 10.0. The second-order valence-corrected chi connectivity index (χ2v) is 4.80. The lowest BCUT2D eigenvalue weighted by Gasteiger charge is -2.21. The average molecular weight is 251 g/mol. The van der Waals surface area contributed by atoms with E-state index in [9.17, 15) is 4.79 Å². The monoisotopic (exact) mass is 251 g/mol. The number of ether oxygens (including phenoxy) is 1. The summed E-state index contributed by atoms with van der Waals surface area (Å²) in [4.78, 5) is 11.4. The van der Waals surface area contributed by atoms with Crippen LogP contribution in [-0.2, 0) is 16.1 Å². The van der Waals surface area contributed by atoms with Crippen molar-refractivity contribution >= 4 is 11.6 Å². The van der Waals surface area contributed by atoms with Gasteiger partial charge in [-0.2, -0.15) is 5.10 Å². The van der Waals surface area contributed by atoms with Crippen molar-refractivity contribution in [3.05, 3.63) is 12.4 Å². The lowest BCUT2D eigenvalue weighted by Crippen LogP contribution is -2.20. The summed E-state index contributed by atoms with van der Waals surface area (Å²) in [6, 6.07) is 0. The Morgan fingerprint density at radius 3 is 3.06 bits per heavy atom. The molecule has 1 saturated heterocycles. The van der Waals surface area contributed by atoms with Crippen LogP contribution in [0.4, 0.5) is 5.69 Å². The molecule has 0 aliphatic carbocycles. The predicted octanol–water partition coefficient (Wildman–Crippen LogP) is 2.05. The number of nitrogens with zero attached hydrogens (tertiary/aromatic N) is 2. The Labute approximate surface area is 108 Å². The molecule has 1 aliphatic rings. The van der Waals surface area contributed by atoms with Gasteiger partial charge in [0.2, 0.25) is 5.91 Å². The Hall–Kier alpha value is -1.36. The minimum atomic E-state index is 0.0584. The summed E-state index contributed by atoms with van der Waals surface area (Å²) in [5.74, 6) is 0.695. The number of hydrogen-bond acceptors (Lipinski definition) is 3. The molecule has 2 rings (SSSR count). The van der Waals surface area contributed by atoms with Gasteiger partial charge >= 0.3 is 0 Å². The third-order valence-electron chi connectivity index (χ3n) is 3.18. The van der Waals surface area contributed by atoms with Gasteiger partial charge in [0.1, 0.15) is 0 Å². The van der Waals surface area contributed by atoms with E-state index in [1.807, 2.05) is 17.8 Å². The van der Waals surface area contributed by atoms with Crippen LogP contribution in [0.15, 0.2) is 12.4 Å².